The number of carbonyl (C=O) groups excluding carboxylic acids is 1. The number of rotatable bonds is 2. The molecule has 1 aliphatic heterocycles. The highest BCUT2D eigenvalue weighted by Gasteiger charge is 2.32. The Labute approximate surface area is 107 Å². The SMILES string of the molecule is Nc1cc(C(F)(F)F)ccc1C(=O)C1CCCS1. The zero-order chi connectivity index (χ0) is 13.3. The molecule has 1 fully saturated rings. The molecule has 2 rings (SSSR count). The fourth-order valence-electron chi connectivity index (χ4n) is 1.92. The van der Waals surface area contributed by atoms with E-state index in [1.54, 1.807) is 0 Å². The molecule has 0 spiro atoms. The molecule has 1 aromatic carbocycles. The molecule has 1 heterocycles. The summed E-state index contributed by atoms with van der Waals surface area (Å²) in [4.78, 5) is 12.0. The molecule has 2 N–H and O–H groups in total. The summed E-state index contributed by atoms with van der Waals surface area (Å²) in [6, 6.07) is 2.91. The number of anilines is 1. The lowest BCUT2D eigenvalue weighted by Crippen LogP contribution is -2.17. The third-order valence-corrected chi connectivity index (χ3v) is 4.24. The Bertz CT molecular complexity index is 467. The van der Waals surface area contributed by atoms with Crippen molar-refractivity contribution in [2.75, 3.05) is 11.5 Å². The molecule has 0 radical (unpaired) electrons. The van der Waals surface area contributed by atoms with Crippen molar-refractivity contribution in [2.45, 2.75) is 24.3 Å². The molecule has 1 aromatic rings. The lowest BCUT2D eigenvalue weighted by Gasteiger charge is -2.12. The van der Waals surface area contributed by atoms with Crippen LogP contribution in [0.3, 0.4) is 0 Å². The number of benzene rings is 1. The molecule has 2 nitrogen and oxygen atoms in total. The number of thioether (sulfide) groups is 1. The van der Waals surface area contributed by atoms with E-state index >= 15 is 0 Å². The van der Waals surface area contributed by atoms with Gasteiger partial charge in [0, 0.05) is 11.3 Å². The minimum atomic E-state index is -4.43. The number of nitrogen functional groups attached to an aromatic ring is 1. The lowest BCUT2D eigenvalue weighted by atomic mass is 10.0. The van der Waals surface area contributed by atoms with E-state index < -0.39 is 11.7 Å². The van der Waals surface area contributed by atoms with Crippen LogP contribution < -0.4 is 5.73 Å². The topological polar surface area (TPSA) is 43.1 Å². The van der Waals surface area contributed by atoms with Gasteiger partial charge in [0.15, 0.2) is 5.78 Å². The first-order valence-electron chi connectivity index (χ1n) is 5.52. The zero-order valence-corrected chi connectivity index (χ0v) is 10.3. The largest absolute Gasteiger partial charge is 0.416 e. The third kappa shape index (κ3) is 2.63. The van der Waals surface area contributed by atoms with Gasteiger partial charge in [0.05, 0.1) is 10.8 Å². The molecular weight excluding hydrogens is 263 g/mol. The van der Waals surface area contributed by atoms with E-state index in [0.29, 0.717) is 0 Å². The van der Waals surface area contributed by atoms with Gasteiger partial charge >= 0.3 is 6.18 Å². The van der Waals surface area contributed by atoms with E-state index in [0.717, 1.165) is 30.7 Å². The van der Waals surface area contributed by atoms with Crippen molar-refractivity contribution in [3.8, 4) is 0 Å². The summed E-state index contributed by atoms with van der Waals surface area (Å²) in [5, 5.41) is -0.163. The summed E-state index contributed by atoms with van der Waals surface area (Å²) in [5.41, 5.74) is 4.83. The highest BCUT2D eigenvalue weighted by Crippen LogP contribution is 2.34. The maximum atomic E-state index is 12.5. The van der Waals surface area contributed by atoms with Gasteiger partial charge in [-0.3, -0.25) is 4.79 Å². The fraction of sp³-hybridized carbons (Fsp3) is 0.417. The summed E-state index contributed by atoms with van der Waals surface area (Å²) >= 11 is 1.54. The first-order chi connectivity index (χ1) is 8.39. The molecule has 0 amide bonds. The smallest absolute Gasteiger partial charge is 0.398 e. The highest BCUT2D eigenvalue weighted by molar-refractivity contribution is 8.00. The minimum Gasteiger partial charge on any atom is -0.398 e. The normalized spacial score (nSPS) is 20.1. The fourth-order valence-corrected chi connectivity index (χ4v) is 3.15. The second-order valence-electron chi connectivity index (χ2n) is 4.17. The Kier molecular flexibility index (Phi) is 3.56. The summed E-state index contributed by atoms with van der Waals surface area (Å²) < 4.78 is 37.4. The third-order valence-electron chi connectivity index (χ3n) is 2.87. The number of ketones is 1. The van der Waals surface area contributed by atoms with Gasteiger partial charge in [-0.1, -0.05) is 0 Å². The van der Waals surface area contributed by atoms with Crippen molar-refractivity contribution in [3.05, 3.63) is 29.3 Å². The van der Waals surface area contributed by atoms with Crippen LogP contribution in [0, 0.1) is 0 Å². The van der Waals surface area contributed by atoms with Crippen molar-refractivity contribution < 1.29 is 18.0 Å². The Morgan fingerprint density at radius 2 is 2.11 bits per heavy atom. The van der Waals surface area contributed by atoms with E-state index in [2.05, 4.69) is 0 Å². The molecular formula is C12H12F3NOS. The van der Waals surface area contributed by atoms with Crippen molar-refractivity contribution in [3.63, 3.8) is 0 Å². The van der Waals surface area contributed by atoms with Crippen molar-refractivity contribution in [1.29, 1.82) is 0 Å². The lowest BCUT2D eigenvalue weighted by molar-refractivity contribution is -0.137. The van der Waals surface area contributed by atoms with Gasteiger partial charge < -0.3 is 5.73 Å². The standard InChI is InChI=1S/C12H12F3NOS/c13-12(14,15)7-3-4-8(9(16)6-7)11(17)10-2-1-5-18-10/h3-4,6,10H,1-2,5,16H2. The number of hydrogen-bond acceptors (Lipinski definition) is 3. The van der Waals surface area contributed by atoms with Crippen molar-refractivity contribution in [2.24, 2.45) is 0 Å². The number of Topliss-reactive ketones (excluding diaryl/α,β-unsaturated/α-hetero) is 1. The first kappa shape index (κ1) is 13.3. The number of halogens is 3. The second-order valence-corrected chi connectivity index (χ2v) is 5.48. The molecule has 1 atom stereocenters. The molecule has 1 unspecified atom stereocenters. The number of alkyl halides is 3. The van der Waals surface area contributed by atoms with Crippen LogP contribution in [0.1, 0.15) is 28.8 Å². The molecule has 0 saturated carbocycles. The Morgan fingerprint density at radius 3 is 2.61 bits per heavy atom. The average Bonchev–Trinajstić information content (AvgIpc) is 2.80. The summed E-state index contributed by atoms with van der Waals surface area (Å²) in [6.07, 6.45) is -2.70. The summed E-state index contributed by atoms with van der Waals surface area (Å²) in [6.45, 7) is 0. The molecule has 1 aliphatic rings. The van der Waals surface area contributed by atoms with Crippen LogP contribution in [0.2, 0.25) is 0 Å². The molecule has 1 saturated heterocycles. The van der Waals surface area contributed by atoms with Crippen LogP contribution in [0.5, 0.6) is 0 Å². The predicted molar refractivity (Wildman–Crippen MR) is 65.7 cm³/mol. The number of hydrogen-bond donors (Lipinski definition) is 1. The van der Waals surface area contributed by atoms with Gasteiger partial charge in [-0.2, -0.15) is 24.9 Å². The van der Waals surface area contributed by atoms with E-state index in [1.807, 2.05) is 0 Å². The minimum absolute atomic E-state index is 0.0951. The molecule has 98 valence electrons. The molecule has 0 aromatic heterocycles. The molecule has 0 bridgehead atoms. The average molecular weight is 275 g/mol. The number of nitrogens with two attached hydrogens (primary N) is 1. The van der Waals surface area contributed by atoms with Crippen LogP contribution in [0.15, 0.2) is 18.2 Å². The van der Waals surface area contributed by atoms with Crippen LogP contribution in [0.25, 0.3) is 0 Å². The summed E-state index contributed by atoms with van der Waals surface area (Å²) in [5.74, 6) is 0.750. The predicted octanol–water partition coefficient (Wildman–Crippen LogP) is 3.37. The quantitative estimate of drug-likeness (QED) is 0.664. The van der Waals surface area contributed by atoms with E-state index in [-0.39, 0.29) is 22.3 Å². The van der Waals surface area contributed by atoms with Gasteiger partial charge in [0.25, 0.3) is 0 Å². The Balaban J connectivity index is 2.27. The van der Waals surface area contributed by atoms with Crippen molar-refractivity contribution in [1.82, 2.24) is 0 Å². The van der Waals surface area contributed by atoms with Crippen LogP contribution in [-0.2, 0) is 6.18 Å². The van der Waals surface area contributed by atoms with Gasteiger partial charge in [-0.25, -0.2) is 0 Å². The highest BCUT2D eigenvalue weighted by atomic mass is 32.2. The van der Waals surface area contributed by atoms with Gasteiger partial charge in [0.2, 0.25) is 0 Å². The molecule has 0 aliphatic carbocycles. The van der Waals surface area contributed by atoms with Crippen LogP contribution in [0.4, 0.5) is 18.9 Å². The van der Waals surface area contributed by atoms with Crippen LogP contribution >= 0.6 is 11.8 Å². The van der Waals surface area contributed by atoms with Gasteiger partial charge in [0.1, 0.15) is 0 Å². The Morgan fingerprint density at radius 1 is 1.39 bits per heavy atom. The maximum Gasteiger partial charge on any atom is 0.416 e. The monoisotopic (exact) mass is 275 g/mol. The number of carbonyl (C=O) groups is 1. The molecule has 18 heavy (non-hydrogen) atoms. The van der Waals surface area contributed by atoms with E-state index in [9.17, 15) is 18.0 Å². The first-order valence-corrected chi connectivity index (χ1v) is 6.57. The molecule has 6 heteroatoms. The van der Waals surface area contributed by atoms with E-state index in [1.165, 1.54) is 17.8 Å². The zero-order valence-electron chi connectivity index (χ0n) is 9.46. The van der Waals surface area contributed by atoms with Gasteiger partial charge in [-0.05, 0) is 36.8 Å². The summed E-state index contributed by atoms with van der Waals surface area (Å²) in [7, 11) is 0. The van der Waals surface area contributed by atoms with Gasteiger partial charge in [-0.15, -0.1) is 0 Å². The van der Waals surface area contributed by atoms with E-state index in [4.69, 9.17) is 5.73 Å². The maximum absolute atomic E-state index is 12.5. The second kappa shape index (κ2) is 4.84. The van der Waals surface area contributed by atoms with Crippen molar-refractivity contribution >= 4 is 23.2 Å². The van der Waals surface area contributed by atoms with Crippen LogP contribution in [-0.4, -0.2) is 16.8 Å². The Hall–Kier alpha value is -1.17.